The van der Waals surface area contributed by atoms with Crippen molar-refractivity contribution < 1.29 is 14.3 Å². The maximum absolute atomic E-state index is 12.1. The van der Waals surface area contributed by atoms with E-state index in [0.717, 1.165) is 5.52 Å². The predicted molar refractivity (Wildman–Crippen MR) is 78.9 cm³/mol. The molecule has 1 aromatic heterocycles. The molecule has 21 heavy (non-hydrogen) atoms. The van der Waals surface area contributed by atoms with Crippen molar-refractivity contribution in [1.82, 2.24) is 15.3 Å². The molecule has 2 rings (SSSR count). The predicted octanol–water partition coefficient (Wildman–Crippen LogP) is 1.76. The van der Waals surface area contributed by atoms with Crippen LogP contribution in [0.2, 0.25) is 0 Å². The maximum Gasteiger partial charge on any atom is 0.251 e. The Balaban J connectivity index is 2.01. The SMILES string of the molecule is CCOC(CNC(=O)c1ccc2nccnc2c1)OCC. The van der Waals surface area contributed by atoms with E-state index >= 15 is 0 Å². The van der Waals surface area contributed by atoms with Crippen LogP contribution in [0.1, 0.15) is 24.2 Å². The highest BCUT2D eigenvalue weighted by molar-refractivity contribution is 5.97. The van der Waals surface area contributed by atoms with Crippen LogP contribution in [-0.4, -0.2) is 41.9 Å². The lowest BCUT2D eigenvalue weighted by molar-refractivity contribution is -0.131. The molecular weight excluding hydrogens is 270 g/mol. The Hall–Kier alpha value is -2.05. The Bertz CT molecular complexity index is 597. The second-order valence-corrected chi connectivity index (χ2v) is 4.31. The fraction of sp³-hybridized carbons (Fsp3) is 0.400. The fourth-order valence-electron chi connectivity index (χ4n) is 1.92. The monoisotopic (exact) mass is 289 g/mol. The van der Waals surface area contributed by atoms with Gasteiger partial charge in [-0.2, -0.15) is 0 Å². The summed E-state index contributed by atoms with van der Waals surface area (Å²) in [6.45, 7) is 5.14. The Morgan fingerprint density at radius 3 is 2.48 bits per heavy atom. The lowest BCUT2D eigenvalue weighted by atomic mass is 10.2. The van der Waals surface area contributed by atoms with Crippen LogP contribution >= 0.6 is 0 Å². The highest BCUT2D eigenvalue weighted by atomic mass is 16.7. The van der Waals surface area contributed by atoms with Crippen molar-refractivity contribution in [3.63, 3.8) is 0 Å². The molecule has 6 nitrogen and oxygen atoms in total. The maximum atomic E-state index is 12.1. The first-order chi connectivity index (χ1) is 10.2. The number of fused-ring (bicyclic) bond motifs is 1. The number of nitrogens with one attached hydrogen (secondary N) is 1. The van der Waals surface area contributed by atoms with Gasteiger partial charge in [-0.3, -0.25) is 14.8 Å². The van der Waals surface area contributed by atoms with Gasteiger partial charge in [-0.25, -0.2) is 0 Å². The molecule has 0 saturated heterocycles. The van der Waals surface area contributed by atoms with E-state index < -0.39 is 6.29 Å². The van der Waals surface area contributed by atoms with Crippen molar-refractivity contribution in [3.05, 3.63) is 36.2 Å². The quantitative estimate of drug-likeness (QED) is 0.786. The third-order valence-corrected chi connectivity index (χ3v) is 2.87. The van der Waals surface area contributed by atoms with Gasteiger partial charge in [-0.15, -0.1) is 0 Å². The molecule has 0 aliphatic rings. The van der Waals surface area contributed by atoms with Crippen LogP contribution < -0.4 is 5.32 Å². The summed E-state index contributed by atoms with van der Waals surface area (Å²) >= 11 is 0. The van der Waals surface area contributed by atoms with Crippen molar-refractivity contribution in [2.24, 2.45) is 0 Å². The van der Waals surface area contributed by atoms with E-state index in [1.165, 1.54) is 0 Å². The van der Waals surface area contributed by atoms with Crippen molar-refractivity contribution in [1.29, 1.82) is 0 Å². The van der Waals surface area contributed by atoms with Crippen molar-refractivity contribution >= 4 is 16.9 Å². The number of aromatic nitrogens is 2. The summed E-state index contributed by atoms with van der Waals surface area (Å²) in [4.78, 5) is 20.5. The summed E-state index contributed by atoms with van der Waals surface area (Å²) in [5.41, 5.74) is 1.99. The number of carbonyl (C=O) groups excluding carboxylic acids is 1. The molecule has 0 aliphatic carbocycles. The lowest BCUT2D eigenvalue weighted by Crippen LogP contribution is -2.35. The Kier molecular flexibility index (Phi) is 5.59. The van der Waals surface area contributed by atoms with E-state index in [-0.39, 0.29) is 5.91 Å². The zero-order valence-corrected chi connectivity index (χ0v) is 12.2. The molecule has 0 fully saturated rings. The minimum absolute atomic E-state index is 0.188. The standard InChI is InChI=1S/C15H19N3O3/c1-3-20-14(21-4-2)10-18-15(19)11-5-6-12-13(9-11)17-8-7-16-12/h5-9,14H,3-4,10H2,1-2H3,(H,18,19). The van der Waals surface area contributed by atoms with Gasteiger partial charge in [0.25, 0.3) is 5.91 Å². The van der Waals surface area contributed by atoms with Crippen LogP contribution in [0.5, 0.6) is 0 Å². The van der Waals surface area contributed by atoms with Gasteiger partial charge in [0, 0.05) is 31.2 Å². The third-order valence-electron chi connectivity index (χ3n) is 2.87. The first-order valence-corrected chi connectivity index (χ1v) is 6.96. The first kappa shape index (κ1) is 15.3. The average Bonchev–Trinajstić information content (AvgIpc) is 2.52. The second-order valence-electron chi connectivity index (χ2n) is 4.31. The summed E-state index contributed by atoms with van der Waals surface area (Å²) < 4.78 is 10.8. The van der Waals surface area contributed by atoms with E-state index in [1.54, 1.807) is 30.6 Å². The van der Waals surface area contributed by atoms with Gasteiger partial charge in [-0.05, 0) is 32.0 Å². The first-order valence-electron chi connectivity index (χ1n) is 6.96. The van der Waals surface area contributed by atoms with Gasteiger partial charge in [-0.1, -0.05) is 0 Å². The molecule has 0 spiro atoms. The van der Waals surface area contributed by atoms with Crippen LogP contribution in [0.25, 0.3) is 11.0 Å². The van der Waals surface area contributed by atoms with Crippen LogP contribution in [-0.2, 0) is 9.47 Å². The van der Waals surface area contributed by atoms with Gasteiger partial charge in [0.05, 0.1) is 17.6 Å². The molecule has 0 saturated carbocycles. The molecule has 1 aromatic carbocycles. The molecule has 0 unspecified atom stereocenters. The molecule has 0 atom stereocenters. The zero-order chi connectivity index (χ0) is 15.1. The number of hydrogen-bond acceptors (Lipinski definition) is 5. The van der Waals surface area contributed by atoms with Crippen molar-refractivity contribution in [2.45, 2.75) is 20.1 Å². The van der Waals surface area contributed by atoms with Crippen molar-refractivity contribution in [3.8, 4) is 0 Å². The molecule has 1 amide bonds. The molecule has 1 N–H and O–H groups in total. The molecule has 112 valence electrons. The van der Waals surface area contributed by atoms with Crippen LogP contribution in [0, 0.1) is 0 Å². The van der Waals surface area contributed by atoms with Gasteiger partial charge in [0.2, 0.25) is 0 Å². The van der Waals surface area contributed by atoms with Crippen molar-refractivity contribution in [2.75, 3.05) is 19.8 Å². The summed E-state index contributed by atoms with van der Waals surface area (Å²) in [7, 11) is 0. The number of amides is 1. The molecule has 0 aliphatic heterocycles. The lowest BCUT2D eigenvalue weighted by Gasteiger charge is -2.17. The number of carbonyl (C=O) groups is 1. The van der Waals surface area contributed by atoms with Crippen LogP contribution in [0.3, 0.4) is 0 Å². The second kappa shape index (κ2) is 7.66. The summed E-state index contributed by atoms with van der Waals surface area (Å²) in [5, 5.41) is 2.80. The molecule has 6 heteroatoms. The minimum atomic E-state index is -0.427. The smallest absolute Gasteiger partial charge is 0.251 e. The normalized spacial score (nSPS) is 11.0. The number of nitrogens with zero attached hydrogens (tertiary/aromatic N) is 2. The summed E-state index contributed by atoms with van der Waals surface area (Å²) in [6.07, 6.45) is 2.80. The number of hydrogen-bond donors (Lipinski definition) is 1. The van der Waals surface area contributed by atoms with Gasteiger partial charge >= 0.3 is 0 Å². The van der Waals surface area contributed by atoms with E-state index in [9.17, 15) is 4.79 Å². The molecule has 2 aromatic rings. The van der Waals surface area contributed by atoms with Crippen LogP contribution in [0.15, 0.2) is 30.6 Å². The van der Waals surface area contributed by atoms with E-state index in [0.29, 0.717) is 30.8 Å². The largest absolute Gasteiger partial charge is 0.351 e. The average molecular weight is 289 g/mol. The highest BCUT2D eigenvalue weighted by Crippen LogP contribution is 2.10. The van der Waals surface area contributed by atoms with Gasteiger partial charge in [0.15, 0.2) is 6.29 Å². The van der Waals surface area contributed by atoms with E-state index in [2.05, 4.69) is 15.3 Å². The number of rotatable bonds is 7. The van der Waals surface area contributed by atoms with E-state index in [1.807, 2.05) is 13.8 Å². The highest BCUT2D eigenvalue weighted by Gasteiger charge is 2.12. The minimum Gasteiger partial charge on any atom is -0.351 e. The van der Waals surface area contributed by atoms with Gasteiger partial charge < -0.3 is 14.8 Å². The molecule has 0 radical (unpaired) electrons. The Labute approximate surface area is 123 Å². The Morgan fingerprint density at radius 1 is 1.14 bits per heavy atom. The third kappa shape index (κ3) is 4.21. The van der Waals surface area contributed by atoms with Crippen LogP contribution in [0.4, 0.5) is 0 Å². The summed E-state index contributed by atoms with van der Waals surface area (Å²) in [5.74, 6) is -0.188. The topological polar surface area (TPSA) is 73.3 Å². The fourth-order valence-corrected chi connectivity index (χ4v) is 1.92. The van der Waals surface area contributed by atoms with Gasteiger partial charge in [0.1, 0.15) is 0 Å². The molecule has 1 heterocycles. The molecule has 0 bridgehead atoms. The van der Waals surface area contributed by atoms with E-state index in [4.69, 9.17) is 9.47 Å². The number of ether oxygens (including phenoxy) is 2. The zero-order valence-electron chi connectivity index (χ0n) is 12.2. The number of benzene rings is 1. The summed E-state index contributed by atoms with van der Waals surface area (Å²) in [6, 6.07) is 5.22. The molecular formula is C15H19N3O3. The Morgan fingerprint density at radius 2 is 1.81 bits per heavy atom.